The summed E-state index contributed by atoms with van der Waals surface area (Å²) in [5.41, 5.74) is 0.933. The van der Waals surface area contributed by atoms with Crippen LogP contribution in [-0.2, 0) is 11.3 Å². The Hall–Kier alpha value is -1.92. The number of carbonyl (C=O) groups is 1. The molecule has 0 unspecified atom stereocenters. The molecule has 22 heavy (non-hydrogen) atoms. The van der Waals surface area contributed by atoms with Gasteiger partial charge in [0, 0.05) is 28.0 Å². The summed E-state index contributed by atoms with van der Waals surface area (Å²) in [7, 11) is 0. The molecule has 7 heteroatoms. The molecule has 1 amide bonds. The third-order valence-electron chi connectivity index (χ3n) is 3.26. The number of rotatable bonds is 4. The third-order valence-corrected chi connectivity index (χ3v) is 4.72. The van der Waals surface area contributed by atoms with Crippen LogP contribution in [0.5, 0.6) is 0 Å². The first-order chi connectivity index (χ1) is 10.5. The molecular weight excluding hydrogens is 320 g/mol. The van der Waals surface area contributed by atoms with Crippen LogP contribution in [0.15, 0.2) is 30.5 Å². The number of carbonyl (C=O) groups excluding carboxylic acids is 1. The van der Waals surface area contributed by atoms with Crippen molar-refractivity contribution in [3.05, 3.63) is 40.5 Å². The maximum absolute atomic E-state index is 12.2. The van der Waals surface area contributed by atoms with Gasteiger partial charge in [0.2, 0.25) is 11.0 Å². The van der Waals surface area contributed by atoms with Crippen LogP contribution >= 0.6 is 22.9 Å². The molecule has 1 aromatic carbocycles. The van der Waals surface area contributed by atoms with Gasteiger partial charge in [-0.25, -0.2) is 0 Å². The maximum Gasteiger partial charge on any atom is 0.246 e. The molecule has 3 rings (SSSR count). The highest BCUT2D eigenvalue weighted by molar-refractivity contribution is 7.15. The van der Waals surface area contributed by atoms with Crippen molar-refractivity contribution in [1.82, 2.24) is 14.8 Å². The number of nitrogens with one attached hydrogen (secondary N) is 1. The van der Waals surface area contributed by atoms with E-state index in [4.69, 9.17) is 11.6 Å². The van der Waals surface area contributed by atoms with Crippen molar-refractivity contribution in [2.75, 3.05) is 5.32 Å². The fraction of sp³-hybridized carbons (Fsp3) is 0.267. The second kappa shape index (κ2) is 6.06. The zero-order chi connectivity index (χ0) is 15.7. The lowest BCUT2D eigenvalue weighted by Gasteiger charge is -2.05. The number of halogens is 1. The number of anilines is 1. The Kier molecular flexibility index (Phi) is 4.13. The minimum Gasteiger partial charge on any atom is -0.338 e. The molecule has 2 heterocycles. The Morgan fingerprint density at radius 3 is 2.91 bits per heavy atom. The van der Waals surface area contributed by atoms with Gasteiger partial charge in [0.25, 0.3) is 0 Å². The highest BCUT2D eigenvalue weighted by Crippen LogP contribution is 2.25. The predicted molar refractivity (Wildman–Crippen MR) is 89.6 cm³/mol. The zero-order valence-corrected chi connectivity index (χ0v) is 13.8. The summed E-state index contributed by atoms with van der Waals surface area (Å²) in [6.07, 6.45) is 1.86. The SMILES string of the molecule is CC(C)c1nnc(NC(=O)Cn2ccc3c(Cl)cccc32)s1. The summed E-state index contributed by atoms with van der Waals surface area (Å²) in [6, 6.07) is 7.56. The second-order valence-corrected chi connectivity index (χ2v) is 6.68. The van der Waals surface area contributed by atoms with Gasteiger partial charge in [-0.3, -0.25) is 10.1 Å². The van der Waals surface area contributed by atoms with E-state index in [1.807, 2.05) is 48.9 Å². The summed E-state index contributed by atoms with van der Waals surface area (Å²) in [5, 5.41) is 13.9. The fourth-order valence-corrected chi connectivity index (χ4v) is 3.15. The van der Waals surface area contributed by atoms with Crippen molar-refractivity contribution in [3.63, 3.8) is 0 Å². The standard InChI is InChI=1S/C15H15ClN4OS/c1-9(2)14-18-19-15(22-14)17-13(21)8-20-7-6-10-11(16)4-3-5-12(10)20/h3-7,9H,8H2,1-2H3,(H,17,19,21). The van der Waals surface area contributed by atoms with E-state index in [2.05, 4.69) is 15.5 Å². The number of amides is 1. The van der Waals surface area contributed by atoms with Crippen LogP contribution in [0.1, 0.15) is 24.8 Å². The number of aromatic nitrogens is 3. The number of hydrogen-bond donors (Lipinski definition) is 1. The molecule has 0 saturated heterocycles. The van der Waals surface area contributed by atoms with Crippen LogP contribution in [-0.4, -0.2) is 20.7 Å². The van der Waals surface area contributed by atoms with Crippen molar-refractivity contribution < 1.29 is 4.79 Å². The topological polar surface area (TPSA) is 59.8 Å². The molecule has 1 N–H and O–H groups in total. The van der Waals surface area contributed by atoms with E-state index in [1.165, 1.54) is 11.3 Å². The van der Waals surface area contributed by atoms with Gasteiger partial charge in [0.05, 0.1) is 0 Å². The van der Waals surface area contributed by atoms with E-state index in [9.17, 15) is 4.79 Å². The largest absolute Gasteiger partial charge is 0.338 e. The monoisotopic (exact) mass is 334 g/mol. The van der Waals surface area contributed by atoms with Gasteiger partial charge in [-0.15, -0.1) is 10.2 Å². The molecule has 0 bridgehead atoms. The van der Waals surface area contributed by atoms with Crippen molar-refractivity contribution in [1.29, 1.82) is 0 Å². The van der Waals surface area contributed by atoms with Gasteiger partial charge in [0.15, 0.2) is 0 Å². The van der Waals surface area contributed by atoms with Crippen LogP contribution in [0.2, 0.25) is 5.02 Å². The first-order valence-corrected chi connectivity index (χ1v) is 8.10. The van der Waals surface area contributed by atoms with Crippen LogP contribution in [0.4, 0.5) is 5.13 Å². The molecule has 0 spiro atoms. The van der Waals surface area contributed by atoms with E-state index in [1.54, 1.807) is 0 Å². The fourth-order valence-electron chi connectivity index (χ4n) is 2.16. The molecule has 0 atom stereocenters. The Bertz CT molecular complexity index is 824. The molecule has 3 aromatic rings. The molecule has 5 nitrogen and oxygen atoms in total. The highest BCUT2D eigenvalue weighted by Gasteiger charge is 2.12. The summed E-state index contributed by atoms with van der Waals surface area (Å²) in [4.78, 5) is 12.2. The molecular formula is C15H15ClN4OS. The van der Waals surface area contributed by atoms with E-state index in [0.29, 0.717) is 16.1 Å². The number of fused-ring (bicyclic) bond motifs is 1. The van der Waals surface area contributed by atoms with Gasteiger partial charge >= 0.3 is 0 Å². The minimum absolute atomic E-state index is 0.135. The highest BCUT2D eigenvalue weighted by atomic mass is 35.5. The normalized spacial score (nSPS) is 11.3. The predicted octanol–water partition coefficient (Wildman–Crippen LogP) is 3.91. The lowest BCUT2D eigenvalue weighted by atomic mass is 10.2. The Labute approximate surface area is 136 Å². The van der Waals surface area contributed by atoms with Crippen LogP contribution < -0.4 is 5.32 Å². The lowest BCUT2D eigenvalue weighted by Crippen LogP contribution is -2.18. The first-order valence-electron chi connectivity index (χ1n) is 6.91. The first kappa shape index (κ1) is 15.0. The molecule has 0 radical (unpaired) electrons. The van der Waals surface area contributed by atoms with Gasteiger partial charge in [-0.1, -0.05) is 42.9 Å². The average Bonchev–Trinajstić information content (AvgIpc) is 3.07. The Balaban J connectivity index is 1.74. The van der Waals surface area contributed by atoms with Gasteiger partial charge in [-0.05, 0) is 18.2 Å². The van der Waals surface area contributed by atoms with Crippen molar-refractivity contribution in [2.45, 2.75) is 26.3 Å². The number of nitrogens with zero attached hydrogens (tertiary/aromatic N) is 3. The van der Waals surface area contributed by atoms with E-state index in [0.717, 1.165) is 15.9 Å². The van der Waals surface area contributed by atoms with Gasteiger partial charge in [0.1, 0.15) is 11.6 Å². The summed E-state index contributed by atoms with van der Waals surface area (Å²) >= 11 is 7.54. The van der Waals surface area contributed by atoms with Crippen molar-refractivity contribution in [2.24, 2.45) is 0 Å². The Morgan fingerprint density at radius 1 is 1.36 bits per heavy atom. The maximum atomic E-state index is 12.2. The summed E-state index contributed by atoms with van der Waals surface area (Å²) in [5.74, 6) is 0.169. The van der Waals surface area contributed by atoms with Crippen molar-refractivity contribution >= 4 is 44.9 Å². The number of benzene rings is 1. The second-order valence-electron chi connectivity index (χ2n) is 5.26. The quantitative estimate of drug-likeness (QED) is 0.787. The molecule has 0 saturated carbocycles. The molecule has 0 aliphatic heterocycles. The summed E-state index contributed by atoms with van der Waals surface area (Å²) in [6.45, 7) is 4.30. The van der Waals surface area contributed by atoms with E-state index >= 15 is 0 Å². The molecule has 114 valence electrons. The van der Waals surface area contributed by atoms with E-state index in [-0.39, 0.29) is 12.5 Å². The van der Waals surface area contributed by atoms with E-state index < -0.39 is 0 Å². The van der Waals surface area contributed by atoms with Gasteiger partial charge in [-0.2, -0.15) is 0 Å². The van der Waals surface area contributed by atoms with Crippen LogP contribution in [0.25, 0.3) is 10.9 Å². The molecule has 0 aliphatic rings. The van der Waals surface area contributed by atoms with Gasteiger partial charge < -0.3 is 4.57 Å². The Morgan fingerprint density at radius 2 is 2.18 bits per heavy atom. The third kappa shape index (κ3) is 2.98. The van der Waals surface area contributed by atoms with Crippen LogP contribution in [0, 0.1) is 0 Å². The van der Waals surface area contributed by atoms with Crippen molar-refractivity contribution in [3.8, 4) is 0 Å². The molecule has 0 fully saturated rings. The average molecular weight is 335 g/mol. The lowest BCUT2D eigenvalue weighted by molar-refractivity contribution is -0.116. The minimum atomic E-state index is -0.135. The zero-order valence-electron chi connectivity index (χ0n) is 12.2. The summed E-state index contributed by atoms with van der Waals surface area (Å²) < 4.78 is 1.86. The molecule has 2 aromatic heterocycles. The van der Waals surface area contributed by atoms with Crippen LogP contribution in [0.3, 0.4) is 0 Å². The molecule has 0 aliphatic carbocycles. The number of hydrogen-bond acceptors (Lipinski definition) is 4. The smallest absolute Gasteiger partial charge is 0.246 e.